The van der Waals surface area contributed by atoms with E-state index in [-0.39, 0.29) is 12.5 Å². The van der Waals surface area contributed by atoms with Crippen LogP contribution in [0.1, 0.15) is 20.3 Å². The minimum atomic E-state index is -1.32. The number of carbonyl (C=O) groups excluding carboxylic acids is 3. The minimum Gasteiger partial charge on any atom is -0.480 e. The quantitative estimate of drug-likeness (QED) is 0.306. The Morgan fingerprint density at radius 3 is 2.30 bits per heavy atom. The predicted molar refractivity (Wildman–Crippen MR) is 81.2 cm³/mol. The van der Waals surface area contributed by atoms with E-state index in [4.69, 9.17) is 10.8 Å². The van der Waals surface area contributed by atoms with Crippen LogP contribution in [0.5, 0.6) is 0 Å². The Morgan fingerprint density at radius 1 is 1.22 bits per heavy atom. The number of ether oxygens (including phenoxy) is 1. The Hall–Kier alpha value is -2.42. The molecule has 0 heterocycles. The van der Waals surface area contributed by atoms with Gasteiger partial charge in [0, 0.05) is 18.7 Å². The molecule has 0 fully saturated rings. The third kappa shape index (κ3) is 9.25. The molecular formula is C14H23N3O6. The lowest BCUT2D eigenvalue weighted by atomic mass is 10.0. The lowest BCUT2D eigenvalue weighted by Crippen LogP contribution is -2.53. The summed E-state index contributed by atoms with van der Waals surface area (Å²) in [4.78, 5) is 45.1. The first-order valence-electron chi connectivity index (χ1n) is 7.00. The van der Waals surface area contributed by atoms with Crippen molar-refractivity contribution in [3.05, 3.63) is 12.2 Å². The zero-order valence-electron chi connectivity index (χ0n) is 13.4. The summed E-state index contributed by atoms with van der Waals surface area (Å²) in [6.07, 6.45) is 2.20. The molecule has 0 bridgehead atoms. The Kier molecular flexibility index (Phi) is 9.24. The Morgan fingerprint density at radius 2 is 1.83 bits per heavy atom. The molecule has 0 saturated carbocycles. The Labute approximate surface area is 134 Å². The number of carboxylic acid groups (broad SMARTS) is 1. The van der Waals surface area contributed by atoms with Gasteiger partial charge in [-0.25, -0.2) is 9.59 Å². The highest BCUT2D eigenvalue weighted by molar-refractivity contribution is 5.95. The van der Waals surface area contributed by atoms with Gasteiger partial charge >= 0.3 is 11.9 Å². The van der Waals surface area contributed by atoms with Crippen LogP contribution in [0.2, 0.25) is 0 Å². The molecule has 0 saturated heterocycles. The van der Waals surface area contributed by atoms with Crippen LogP contribution in [0, 0.1) is 5.92 Å². The fraction of sp³-hybridized carbons (Fsp3) is 0.571. The molecular weight excluding hydrogens is 306 g/mol. The molecule has 0 radical (unpaired) electrons. The molecule has 23 heavy (non-hydrogen) atoms. The number of carbonyl (C=O) groups is 4. The molecule has 130 valence electrons. The maximum atomic E-state index is 11.8. The average molecular weight is 329 g/mol. The third-order valence-electron chi connectivity index (χ3n) is 2.73. The van der Waals surface area contributed by atoms with E-state index < -0.39 is 35.8 Å². The van der Waals surface area contributed by atoms with E-state index in [9.17, 15) is 19.2 Å². The summed E-state index contributed by atoms with van der Waals surface area (Å²) in [7, 11) is 1.15. The number of rotatable bonds is 9. The Balaban J connectivity index is 4.50. The van der Waals surface area contributed by atoms with Gasteiger partial charge in [0.2, 0.25) is 11.8 Å². The lowest BCUT2D eigenvalue weighted by molar-refractivity contribution is -0.142. The summed E-state index contributed by atoms with van der Waals surface area (Å²) in [5, 5.41) is 13.6. The second-order valence-corrected chi connectivity index (χ2v) is 5.24. The number of nitrogens with two attached hydrogens (primary N) is 1. The van der Waals surface area contributed by atoms with E-state index in [0.717, 1.165) is 19.3 Å². The minimum absolute atomic E-state index is 0.183. The van der Waals surface area contributed by atoms with Crippen LogP contribution in [-0.2, 0) is 23.9 Å². The number of amides is 2. The smallest absolute Gasteiger partial charge is 0.330 e. The monoisotopic (exact) mass is 329 g/mol. The first-order valence-corrected chi connectivity index (χ1v) is 7.00. The molecule has 9 nitrogen and oxygen atoms in total. The van der Waals surface area contributed by atoms with Gasteiger partial charge < -0.3 is 26.2 Å². The van der Waals surface area contributed by atoms with Gasteiger partial charge in [-0.3, -0.25) is 9.59 Å². The maximum absolute atomic E-state index is 11.8. The molecule has 2 amide bonds. The zero-order valence-corrected chi connectivity index (χ0v) is 13.4. The van der Waals surface area contributed by atoms with Crippen molar-refractivity contribution in [2.45, 2.75) is 32.4 Å². The zero-order chi connectivity index (χ0) is 18.0. The van der Waals surface area contributed by atoms with E-state index in [1.807, 2.05) is 13.8 Å². The number of aliphatic carboxylic acids is 1. The van der Waals surface area contributed by atoms with Gasteiger partial charge in [0.25, 0.3) is 0 Å². The molecule has 0 aliphatic heterocycles. The third-order valence-corrected chi connectivity index (χ3v) is 2.73. The number of nitrogens with one attached hydrogen (secondary N) is 2. The second kappa shape index (κ2) is 10.3. The molecule has 0 aliphatic carbocycles. The Bertz CT molecular complexity index is 475. The van der Waals surface area contributed by atoms with Crippen LogP contribution in [0.15, 0.2) is 12.2 Å². The van der Waals surface area contributed by atoms with Crippen molar-refractivity contribution in [2.75, 3.05) is 13.7 Å². The van der Waals surface area contributed by atoms with Crippen LogP contribution in [0.25, 0.3) is 0 Å². The molecule has 9 heteroatoms. The molecule has 5 N–H and O–H groups in total. The van der Waals surface area contributed by atoms with Gasteiger partial charge in [-0.2, -0.15) is 0 Å². The van der Waals surface area contributed by atoms with Crippen molar-refractivity contribution >= 4 is 23.8 Å². The first-order chi connectivity index (χ1) is 10.7. The van der Waals surface area contributed by atoms with Gasteiger partial charge in [-0.15, -0.1) is 0 Å². The van der Waals surface area contributed by atoms with Crippen LogP contribution >= 0.6 is 0 Å². The molecule has 0 aromatic carbocycles. The molecule has 0 spiro atoms. The largest absolute Gasteiger partial charge is 0.480 e. The fourth-order valence-corrected chi connectivity index (χ4v) is 1.57. The van der Waals surface area contributed by atoms with Gasteiger partial charge in [-0.05, 0) is 12.3 Å². The predicted octanol–water partition coefficient (Wildman–Crippen LogP) is -1.23. The summed E-state index contributed by atoms with van der Waals surface area (Å²) >= 11 is 0. The standard InChI is InChI=1S/C14H23N3O6/c1-8(2)6-9(15)13(20)17-10(14(21)22)7-16-11(18)4-5-12(19)23-3/h4-5,8-10H,6-7,15H2,1-3H3,(H,16,18)(H,17,20)(H,21,22)/b5-4+/t9-,10+/m0/s1. The van der Waals surface area contributed by atoms with Gasteiger partial charge in [0.1, 0.15) is 6.04 Å². The molecule has 0 aliphatic rings. The SMILES string of the molecule is COC(=O)/C=C/C(=O)NC[C@@H](NC(=O)[C@@H](N)CC(C)C)C(=O)O. The van der Waals surface area contributed by atoms with Crippen LogP contribution in [0.4, 0.5) is 0 Å². The van der Waals surface area contributed by atoms with Crippen molar-refractivity contribution in [2.24, 2.45) is 11.7 Å². The summed E-state index contributed by atoms with van der Waals surface area (Å²) in [5.74, 6) is -3.15. The summed E-state index contributed by atoms with van der Waals surface area (Å²) < 4.78 is 4.30. The van der Waals surface area contributed by atoms with Crippen molar-refractivity contribution in [1.29, 1.82) is 0 Å². The highest BCUT2D eigenvalue weighted by atomic mass is 16.5. The topological polar surface area (TPSA) is 148 Å². The van der Waals surface area contributed by atoms with E-state index in [0.29, 0.717) is 6.42 Å². The first kappa shape index (κ1) is 20.6. The van der Waals surface area contributed by atoms with E-state index in [1.54, 1.807) is 0 Å². The molecule has 0 aromatic heterocycles. The molecule has 0 unspecified atom stereocenters. The van der Waals surface area contributed by atoms with Crippen LogP contribution < -0.4 is 16.4 Å². The molecule has 0 rings (SSSR count). The summed E-state index contributed by atoms with van der Waals surface area (Å²) in [6, 6.07) is -2.15. The maximum Gasteiger partial charge on any atom is 0.330 e. The fourth-order valence-electron chi connectivity index (χ4n) is 1.57. The van der Waals surface area contributed by atoms with Crippen molar-refractivity contribution < 1.29 is 29.0 Å². The number of hydrogen-bond acceptors (Lipinski definition) is 6. The number of esters is 1. The number of hydrogen-bond donors (Lipinski definition) is 4. The van der Waals surface area contributed by atoms with Gasteiger partial charge in [0.15, 0.2) is 0 Å². The normalized spacial score (nSPS) is 13.4. The number of methoxy groups -OCH3 is 1. The summed E-state index contributed by atoms with van der Waals surface area (Å²) in [6.45, 7) is 3.42. The van der Waals surface area contributed by atoms with Crippen LogP contribution in [0.3, 0.4) is 0 Å². The van der Waals surface area contributed by atoms with Crippen LogP contribution in [-0.4, -0.2) is 54.6 Å². The lowest BCUT2D eigenvalue weighted by Gasteiger charge is -2.19. The van der Waals surface area contributed by atoms with E-state index >= 15 is 0 Å². The molecule has 2 atom stereocenters. The van der Waals surface area contributed by atoms with Gasteiger partial charge in [-0.1, -0.05) is 13.8 Å². The number of carboxylic acids is 1. The van der Waals surface area contributed by atoms with Crippen molar-refractivity contribution in [3.63, 3.8) is 0 Å². The van der Waals surface area contributed by atoms with Gasteiger partial charge in [0.05, 0.1) is 13.2 Å². The van der Waals surface area contributed by atoms with Crippen molar-refractivity contribution in [3.8, 4) is 0 Å². The molecule has 0 aromatic rings. The van der Waals surface area contributed by atoms with E-state index in [2.05, 4.69) is 15.4 Å². The second-order valence-electron chi connectivity index (χ2n) is 5.24. The highest BCUT2D eigenvalue weighted by Gasteiger charge is 2.23. The average Bonchev–Trinajstić information content (AvgIpc) is 2.47. The highest BCUT2D eigenvalue weighted by Crippen LogP contribution is 2.02. The van der Waals surface area contributed by atoms with Crippen molar-refractivity contribution in [1.82, 2.24) is 10.6 Å². The van der Waals surface area contributed by atoms with E-state index in [1.165, 1.54) is 0 Å². The summed E-state index contributed by atoms with van der Waals surface area (Å²) in [5.41, 5.74) is 5.66.